The Labute approximate surface area is 171 Å². The van der Waals surface area contributed by atoms with Crippen molar-refractivity contribution in [1.29, 1.82) is 0 Å². The average molecular weight is 421 g/mol. The molecule has 0 aromatic heterocycles. The molecule has 150 valence electrons. The lowest BCUT2D eigenvalue weighted by atomic mass is 9.98. The third-order valence-corrected chi connectivity index (χ3v) is 7.39. The predicted molar refractivity (Wildman–Crippen MR) is 111 cm³/mol. The van der Waals surface area contributed by atoms with Gasteiger partial charge in [-0.1, -0.05) is 47.5 Å². The third-order valence-electron chi connectivity index (χ3n) is 5.12. The number of nitrogens with zero attached hydrogens (tertiary/aromatic N) is 1. The normalized spacial score (nSPS) is 18.0. The van der Waals surface area contributed by atoms with Crippen LogP contribution in [0.3, 0.4) is 0 Å². The molecule has 1 aliphatic heterocycles. The molecule has 0 spiro atoms. The molecule has 0 saturated carbocycles. The average Bonchev–Trinajstić information content (AvgIpc) is 2.69. The number of rotatable bonds is 5. The summed E-state index contributed by atoms with van der Waals surface area (Å²) in [5.41, 5.74) is 3.01. The van der Waals surface area contributed by atoms with E-state index in [4.69, 9.17) is 11.6 Å². The number of hydrogen-bond acceptors (Lipinski definition) is 3. The SMILES string of the molecule is Cc1ccc(CNC(=O)[C@@H]2CCCN(S(=O)(=O)c3ccc(C)c(Cl)c3)C2)cc1. The van der Waals surface area contributed by atoms with Gasteiger partial charge in [-0.2, -0.15) is 4.31 Å². The molecule has 1 heterocycles. The maximum absolute atomic E-state index is 13.0. The topological polar surface area (TPSA) is 66.5 Å². The quantitative estimate of drug-likeness (QED) is 0.802. The van der Waals surface area contributed by atoms with Crippen LogP contribution in [0, 0.1) is 19.8 Å². The second kappa shape index (κ2) is 8.64. The molecule has 2 aromatic carbocycles. The largest absolute Gasteiger partial charge is 0.352 e. The Morgan fingerprint density at radius 1 is 1.18 bits per heavy atom. The van der Waals surface area contributed by atoms with Crippen molar-refractivity contribution in [3.05, 3.63) is 64.2 Å². The minimum atomic E-state index is -3.67. The van der Waals surface area contributed by atoms with E-state index in [0.717, 1.165) is 11.1 Å². The summed E-state index contributed by atoms with van der Waals surface area (Å²) in [5, 5.41) is 3.36. The van der Waals surface area contributed by atoms with Gasteiger partial charge in [0, 0.05) is 24.7 Å². The Morgan fingerprint density at radius 2 is 1.89 bits per heavy atom. The standard InChI is InChI=1S/C21H25ClN2O3S/c1-15-5-8-17(9-6-15)13-23-21(25)18-4-3-11-24(14-18)28(26,27)19-10-7-16(2)20(22)12-19/h5-10,12,18H,3-4,11,13-14H2,1-2H3,(H,23,25)/t18-/m1/s1. The van der Waals surface area contributed by atoms with Crippen molar-refractivity contribution < 1.29 is 13.2 Å². The van der Waals surface area contributed by atoms with Crippen LogP contribution in [0.15, 0.2) is 47.4 Å². The Balaban J connectivity index is 1.66. The summed E-state index contributed by atoms with van der Waals surface area (Å²) in [7, 11) is -3.67. The molecule has 0 unspecified atom stereocenters. The minimum absolute atomic E-state index is 0.109. The van der Waals surface area contributed by atoms with Gasteiger partial charge in [0.1, 0.15) is 0 Å². The number of hydrogen-bond donors (Lipinski definition) is 1. The lowest BCUT2D eigenvalue weighted by Crippen LogP contribution is -2.45. The minimum Gasteiger partial charge on any atom is -0.352 e. The highest BCUT2D eigenvalue weighted by atomic mass is 35.5. The summed E-state index contributed by atoms with van der Waals surface area (Å²) < 4.78 is 27.3. The van der Waals surface area contributed by atoms with Crippen LogP contribution in [0.1, 0.15) is 29.5 Å². The van der Waals surface area contributed by atoms with Crippen LogP contribution in [0.25, 0.3) is 0 Å². The molecule has 0 bridgehead atoms. The summed E-state index contributed by atoms with van der Waals surface area (Å²) in [6.07, 6.45) is 1.34. The Bertz CT molecular complexity index is 958. The maximum atomic E-state index is 13.0. The van der Waals surface area contributed by atoms with Crippen molar-refractivity contribution in [2.75, 3.05) is 13.1 Å². The molecule has 1 aliphatic rings. The lowest BCUT2D eigenvalue weighted by molar-refractivity contribution is -0.126. The van der Waals surface area contributed by atoms with Crippen LogP contribution < -0.4 is 5.32 Å². The lowest BCUT2D eigenvalue weighted by Gasteiger charge is -2.31. The molecule has 7 heteroatoms. The molecule has 0 aliphatic carbocycles. The van der Waals surface area contributed by atoms with Crippen LogP contribution >= 0.6 is 11.6 Å². The molecule has 1 fully saturated rings. The second-order valence-electron chi connectivity index (χ2n) is 7.32. The number of benzene rings is 2. The third kappa shape index (κ3) is 4.74. The van der Waals surface area contributed by atoms with Gasteiger partial charge in [0.25, 0.3) is 0 Å². The van der Waals surface area contributed by atoms with Crippen LogP contribution in [0.5, 0.6) is 0 Å². The molecule has 1 saturated heterocycles. The van der Waals surface area contributed by atoms with Crippen LogP contribution in [-0.2, 0) is 21.4 Å². The number of piperidine rings is 1. The highest BCUT2D eigenvalue weighted by molar-refractivity contribution is 7.89. The molecule has 2 aromatic rings. The molecule has 1 N–H and O–H groups in total. The molecule has 1 amide bonds. The molecule has 0 radical (unpaired) electrons. The van der Waals surface area contributed by atoms with E-state index in [1.54, 1.807) is 12.1 Å². The molecule has 3 rings (SSSR count). The van der Waals surface area contributed by atoms with Gasteiger partial charge in [-0.15, -0.1) is 0 Å². The van der Waals surface area contributed by atoms with Crippen molar-refractivity contribution in [1.82, 2.24) is 9.62 Å². The van der Waals surface area contributed by atoms with Gasteiger partial charge in [0.05, 0.1) is 10.8 Å². The zero-order chi connectivity index (χ0) is 20.3. The van der Waals surface area contributed by atoms with Crippen molar-refractivity contribution in [3.63, 3.8) is 0 Å². The van der Waals surface area contributed by atoms with Crippen LogP contribution in [-0.4, -0.2) is 31.7 Å². The first kappa shape index (κ1) is 20.8. The summed E-state index contributed by atoms with van der Waals surface area (Å²) in [4.78, 5) is 12.8. The van der Waals surface area contributed by atoms with Crippen molar-refractivity contribution in [3.8, 4) is 0 Å². The zero-order valence-corrected chi connectivity index (χ0v) is 17.7. The number of halogens is 1. The van der Waals surface area contributed by atoms with E-state index in [-0.39, 0.29) is 23.3 Å². The highest BCUT2D eigenvalue weighted by Gasteiger charge is 2.33. The van der Waals surface area contributed by atoms with Gasteiger partial charge in [0.15, 0.2) is 0 Å². The van der Waals surface area contributed by atoms with Gasteiger partial charge in [0.2, 0.25) is 15.9 Å². The highest BCUT2D eigenvalue weighted by Crippen LogP contribution is 2.26. The summed E-state index contributed by atoms with van der Waals surface area (Å²) in [6.45, 7) is 4.88. The van der Waals surface area contributed by atoms with Crippen LogP contribution in [0.4, 0.5) is 0 Å². The fourth-order valence-corrected chi connectivity index (χ4v) is 5.09. The molecule has 1 atom stereocenters. The van der Waals surface area contributed by atoms with E-state index in [0.29, 0.717) is 31.0 Å². The first-order valence-corrected chi connectivity index (χ1v) is 11.2. The number of carbonyl (C=O) groups is 1. The number of amides is 1. The van der Waals surface area contributed by atoms with E-state index in [1.165, 1.54) is 15.9 Å². The molecule has 5 nitrogen and oxygen atoms in total. The van der Waals surface area contributed by atoms with E-state index >= 15 is 0 Å². The van der Waals surface area contributed by atoms with E-state index in [2.05, 4.69) is 5.32 Å². The fourth-order valence-electron chi connectivity index (χ4n) is 3.30. The molecular formula is C21H25ClN2O3S. The monoisotopic (exact) mass is 420 g/mol. The Hall–Kier alpha value is -1.89. The predicted octanol–water partition coefficient (Wildman–Crippen LogP) is 3.67. The van der Waals surface area contributed by atoms with Gasteiger partial charge in [-0.3, -0.25) is 4.79 Å². The smallest absolute Gasteiger partial charge is 0.243 e. The Morgan fingerprint density at radius 3 is 2.57 bits per heavy atom. The van der Waals surface area contributed by atoms with Crippen molar-refractivity contribution in [2.24, 2.45) is 5.92 Å². The van der Waals surface area contributed by atoms with Gasteiger partial charge >= 0.3 is 0 Å². The Kier molecular flexibility index (Phi) is 6.43. The van der Waals surface area contributed by atoms with E-state index in [9.17, 15) is 13.2 Å². The first-order chi connectivity index (χ1) is 13.3. The maximum Gasteiger partial charge on any atom is 0.243 e. The summed E-state index contributed by atoms with van der Waals surface area (Å²) in [5.74, 6) is -0.461. The van der Waals surface area contributed by atoms with E-state index < -0.39 is 10.0 Å². The van der Waals surface area contributed by atoms with Gasteiger partial charge in [-0.05, 0) is 49.9 Å². The number of nitrogens with one attached hydrogen (secondary N) is 1. The second-order valence-corrected chi connectivity index (χ2v) is 9.66. The van der Waals surface area contributed by atoms with E-state index in [1.807, 2.05) is 38.1 Å². The summed E-state index contributed by atoms with van der Waals surface area (Å²) >= 11 is 6.10. The zero-order valence-electron chi connectivity index (χ0n) is 16.1. The van der Waals surface area contributed by atoms with Gasteiger partial charge in [-0.25, -0.2) is 8.42 Å². The van der Waals surface area contributed by atoms with Gasteiger partial charge < -0.3 is 5.32 Å². The fraction of sp³-hybridized carbons (Fsp3) is 0.381. The number of sulfonamides is 1. The van der Waals surface area contributed by atoms with Crippen molar-refractivity contribution in [2.45, 2.75) is 38.1 Å². The van der Waals surface area contributed by atoms with Crippen molar-refractivity contribution >= 4 is 27.5 Å². The number of aryl methyl sites for hydroxylation is 2. The number of carbonyl (C=O) groups excluding carboxylic acids is 1. The summed E-state index contributed by atoms with van der Waals surface area (Å²) in [6, 6.07) is 12.7. The molecule has 28 heavy (non-hydrogen) atoms. The first-order valence-electron chi connectivity index (χ1n) is 9.37. The molecular weight excluding hydrogens is 396 g/mol. The van der Waals surface area contributed by atoms with Crippen LogP contribution in [0.2, 0.25) is 5.02 Å².